The average molecular weight is 549 g/mol. The van der Waals surface area contributed by atoms with E-state index in [9.17, 15) is 13.2 Å². The van der Waals surface area contributed by atoms with E-state index < -0.39 is 10.0 Å². The first-order valence-electron chi connectivity index (χ1n) is 11.3. The number of amides is 2. The highest BCUT2D eigenvalue weighted by molar-refractivity contribution is 7.92. The molecule has 1 aliphatic heterocycles. The van der Waals surface area contributed by atoms with Crippen LogP contribution >= 0.6 is 23.2 Å². The number of carbonyl (C=O) groups is 1. The molecule has 3 aromatic carbocycles. The van der Waals surface area contributed by atoms with Gasteiger partial charge in [-0.1, -0.05) is 23.2 Å². The first kappa shape index (κ1) is 26.2. The molecule has 4 rings (SSSR count). The molecule has 1 aliphatic rings. The van der Waals surface area contributed by atoms with Gasteiger partial charge < -0.3 is 10.1 Å². The zero-order valence-corrected chi connectivity index (χ0v) is 21.7. The predicted molar refractivity (Wildman–Crippen MR) is 144 cm³/mol. The topological polar surface area (TPSA) is 91.0 Å². The molecule has 0 aromatic heterocycles. The Bertz CT molecular complexity index is 1260. The SMILES string of the molecule is O=C(Nc1ccc(Cl)cc1)N(CCN1CCOCC1)c1ccc(S(=O)(=O)Nc2ccc(Cl)cc2)cc1. The second-order valence-corrected chi connectivity index (χ2v) is 10.7. The predicted octanol–water partition coefficient (Wildman–Crippen LogP) is 5.16. The third kappa shape index (κ3) is 7.11. The molecule has 190 valence electrons. The van der Waals surface area contributed by atoms with Crippen molar-refractivity contribution in [3.63, 3.8) is 0 Å². The second-order valence-electron chi connectivity index (χ2n) is 8.15. The van der Waals surface area contributed by atoms with Gasteiger partial charge in [0, 0.05) is 53.3 Å². The molecule has 0 aliphatic carbocycles. The van der Waals surface area contributed by atoms with Gasteiger partial charge in [0.2, 0.25) is 0 Å². The smallest absolute Gasteiger partial charge is 0.326 e. The molecule has 0 saturated carbocycles. The van der Waals surface area contributed by atoms with Gasteiger partial charge in [-0.3, -0.25) is 14.5 Å². The van der Waals surface area contributed by atoms with Gasteiger partial charge in [0.15, 0.2) is 0 Å². The Kier molecular flexibility index (Phi) is 8.71. The van der Waals surface area contributed by atoms with E-state index in [-0.39, 0.29) is 10.9 Å². The van der Waals surface area contributed by atoms with Crippen LogP contribution in [0.5, 0.6) is 0 Å². The van der Waals surface area contributed by atoms with Gasteiger partial charge in [-0.2, -0.15) is 0 Å². The number of nitrogens with one attached hydrogen (secondary N) is 2. The highest BCUT2D eigenvalue weighted by atomic mass is 35.5. The molecule has 11 heteroatoms. The molecule has 2 amide bonds. The van der Waals surface area contributed by atoms with Gasteiger partial charge in [-0.25, -0.2) is 13.2 Å². The number of hydrogen-bond acceptors (Lipinski definition) is 5. The molecule has 0 atom stereocenters. The van der Waals surface area contributed by atoms with Crippen molar-refractivity contribution in [3.05, 3.63) is 82.8 Å². The maximum Gasteiger partial charge on any atom is 0.326 e. The fourth-order valence-corrected chi connectivity index (χ4v) is 4.99. The number of morpholine rings is 1. The van der Waals surface area contributed by atoms with Crippen LogP contribution in [0.1, 0.15) is 0 Å². The van der Waals surface area contributed by atoms with Crippen LogP contribution in [-0.2, 0) is 14.8 Å². The lowest BCUT2D eigenvalue weighted by Gasteiger charge is -2.30. The Morgan fingerprint density at radius 1 is 0.861 bits per heavy atom. The van der Waals surface area contributed by atoms with E-state index in [2.05, 4.69) is 14.9 Å². The van der Waals surface area contributed by atoms with Crippen LogP contribution < -0.4 is 14.9 Å². The molecule has 2 N–H and O–H groups in total. The van der Waals surface area contributed by atoms with E-state index in [1.165, 1.54) is 12.1 Å². The van der Waals surface area contributed by atoms with Gasteiger partial charge in [0.25, 0.3) is 10.0 Å². The highest BCUT2D eigenvalue weighted by Crippen LogP contribution is 2.23. The number of rotatable bonds is 8. The lowest BCUT2D eigenvalue weighted by Crippen LogP contribution is -2.44. The summed E-state index contributed by atoms with van der Waals surface area (Å²) in [5.41, 5.74) is 1.57. The van der Waals surface area contributed by atoms with Crippen LogP contribution in [-0.4, -0.2) is 58.7 Å². The molecular weight excluding hydrogens is 523 g/mol. The number of anilines is 3. The minimum atomic E-state index is -3.82. The Hall–Kier alpha value is -2.82. The zero-order chi connectivity index (χ0) is 25.5. The number of sulfonamides is 1. The molecular formula is C25H26Cl2N4O4S. The number of hydrogen-bond donors (Lipinski definition) is 2. The molecule has 36 heavy (non-hydrogen) atoms. The number of nitrogens with zero attached hydrogens (tertiary/aromatic N) is 2. The van der Waals surface area contributed by atoms with Gasteiger partial charge in [0.1, 0.15) is 0 Å². The Balaban J connectivity index is 1.51. The molecule has 0 spiro atoms. The number of urea groups is 1. The van der Waals surface area contributed by atoms with E-state index in [1.807, 2.05) is 0 Å². The van der Waals surface area contributed by atoms with Crippen molar-refractivity contribution < 1.29 is 17.9 Å². The summed E-state index contributed by atoms with van der Waals surface area (Å²) in [4.78, 5) is 17.1. The molecule has 3 aromatic rings. The van der Waals surface area contributed by atoms with Crippen molar-refractivity contribution in [1.29, 1.82) is 0 Å². The largest absolute Gasteiger partial charge is 0.379 e. The fourth-order valence-electron chi connectivity index (χ4n) is 3.68. The van der Waals surface area contributed by atoms with E-state index in [0.29, 0.717) is 53.4 Å². The van der Waals surface area contributed by atoms with E-state index >= 15 is 0 Å². The molecule has 8 nitrogen and oxygen atoms in total. The molecule has 0 unspecified atom stereocenters. The third-order valence-electron chi connectivity index (χ3n) is 5.64. The quantitative estimate of drug-likeness (QED) is 0.405. The molecule has 0 bridgehead atoms. The summed E-state index contributed by atoms with van der Waals surface area (Å²) in [5.74, 6) is 0. The number of halogens is 2. The third-order valence-corrected chi connectivity index (χ3v) is 7.54. The summed E-state index contributed by atoms with van der Waals surface area (Å²) in [7, 11) is -3.82. The standard InChI is InChI=1S/C25H26Cl2N4O4S/c26-19-1-5-21(6-2-19)28-25(32)31(14-13-30-15-17-35-18-16-30)23-9-11-24(12-10-23)36(33,34)29-22-7-3-20(27)4-8-22/h1-12,29H,13-18H2,(H,28,32). The van der Waals surface area contributed by atoms with Crippen molar-refractivity contribution >= 4 is 56.3 Å². The summed E-state index contributed by atoms with van der Waals surface area (Å²) in [6.45, 7) is 3.96. The van der Waals surface area contributed by atoms with Crippen molar-refractivity contribution in [3.8, 4) is 0 Å². The van der Waals surface area contributed by atoms with Crippen molar-refractivity contribution in [2.24, 2.45) is 0 Å². The van der Waals surface area contributed by atoms with E-state index in [4.69, 9.17) is 27.9 Å². The number of carbonyl (C=O) groups excluding carboxylic acids is 1. The average Bonchev–Trinajstić information content (AvgIpc) is 2.88. The maximum absolute atomic E-state index is 13.2. The Morgan fingerprint density at radius 2 is 1.42 bits per heavy atom. The van der Waals surface area contributed by atoms with Crippen molar-refractivity contribution in [1.82, 2.24) is 4.90 Å². The summed E-state index contributed by atoms with van der Waals surface area (Å²) in [6, 6.07) is 19.1. The summed E-state index contributed by atoms with van der Waals surface area (Å²) in [6.07, 6.45) is 0. The summed E-state index contributed by atoms with van der Waals surface area (Å²) < 4.78 is 33.6. The summed E-state index contributed by atoms with van der Waals surface area (Å²) in [5, 5.41) is 3.96. The summed E-state index contributed by atoms with van der Waals surface area (Å²) >= 11 is 11.8. The Labute approximate surface area is 220 Å². The molecule has 1 saturated heterocycles. The minimum absolute atomic E-state index is 0.0763. The molecule has 1 heterocycles. The van der Waals surface area contributed by atoms with Crippen LogP contribution in [0.3, 0.4) is 0 Å². The van der Waals surface area contributed by atoms with Gasteiger partial charge >= 0.3 is 6.03 Å². The normalized spacial score (nSPS) is 14.3. The first-order chi connectivity index (χ1) is 17.3. The molecule has 1 fully saturated rings. The van der Waals surface area contributed by atoms with Crippen LogP contribution in [0, 0.1) is 0 Å². The van der Waals surface area contributed by atoms with Crippen molar-refractivity contribution in [2.45, 2.75) is 4.90 Å². The lowest BCUT2D eigenvalue weighted by atomic mass is 10.2. The highest BCUT2D eigenvalue weighted by Gasteiger charge is 2.20. The van der Waals surface area contributed by atoms with Crippen molar-refractivity contribution in [2.75, 3.05) is 54.3 Å². The fraction of sp³-hybridized carbons (Fsp3) is 0.240. The minimum Gasteiger partial charge on any atom is -0.379 e. The second kappa shape index (κ2) is 11.9. The first-order valence-corrected chi connectivity index (χ1v) is 13.6. The van der Waals surface area contributed by atoms with Crippen LogP contribution in [0.4, 0.5) is 21.9 Å². The van der Waals surface area contributed by atoms with Crippen LogP contribution in [0.25, 0.3) is 0 Å². The maximum atomic E-state index is 13.2. The van der Waals surface area contributed by atoms with Gasteiger partial charge in [-0.05, 0) is 72.8 Å². The number of benzene rings is 3. The van der Waals surface area contributed by atoms with Gasteiger partial charge in [0.05, 0.1) is 18.1 Å². The zero-order valence-electron chi connectivity index (χ0n) is 19.4. The Morgan fingerprint density at radius 3 is 2.00 bits per heavy atom. The van der Waals surface area contributed by atoms with E-state index in [0.717, 1.165) is 13.1 Å². The van der Waals surface area contributed by atoms with Gasteiger partial charge in [-0.15, -0.1) is 0 Å². The number of ether oxygens (including phenoxy) is 1. The van der Waals surface area contributed by atoms with Crippen LogP contribution in [0.2, 0.25) is 10.0 Å². The van der Waals surface area contributed by atoms with Crippen LogP contribution in [0.15, 0.2) is 77.7 Å². The van der Waals surface area contributed by atoms with E-state index in [1.54, 1.807) is 65.6 Å². The monoisotopic (exact) mass is 548 g/mol. The molecule has 0 radical (unpaired) electrons. The lowest BCUT2D eigenvalue weighted by molar-refractivity contribution is 0.0393.